The first-order valence-electron chi connectivity index (χ1n) is 12.8. The average molecular weight is 723 g/mol. The first kappa shape index (κ1) is 53.0. The fourth-order valence-corrected chi connectivity index (χ4v) is 2.40. The first-order valence-corrected chi connectivity index (χ1v) is 12.8. The van der Waals surface area contributed by atoms with E-state index in [2.05, 4.69) is 9.47 Å². The molecule has 1 N–H and O–H groups in total. The molecule has 0 amide bonds. The Hall–Kier alpha value is -0.501. The summed E-state index contributed by atoms with van der Waals surface area (Å²) in [7, 11) is 9.07. The van der Waals surface area contributed by atoms with Crippen LogP contribution in [0.3, 0.4) is 0 Å². The number of carboxylic acid groups (broad SMARTS) is 1. The molecule has 0 aliphatic heterocycles. The van der Waals surface area contributed by atoms with Crippen LogP contribution in [0.5, 0.6) is 0 Å². The Labute approximate surface area is 285 Å². The number of carboxylic acids is 1. The Kier molecular flexibility index (Phi) is 51.2. The number of Topliss-reactive ketones (excluding diaryl/α,β-unsaturated/α-hetero) is 2. The van der Waals surface area contributed by atoms with Gasteiger partial charge in [-0.15, -0.1) is 0 Å². The molecule has 0 aromatic heterocycles. The molecule has 0 aliphatic carbocycles. The molecular weight excluding hydrogens is 670 g/mol. The van der Waals surface area contributed by atoms with Gasteiger partial charge in [0.1, 0.15) is 58.2 Å². The monoisotopic (exact) mass is 722 g/mol. The minimum atomic E-state index is -0.961. The summed E-state index contributed by atoms with van der Waals surface area (Å²) < 4.78 is 58.1. The van der Waals surface area contributed by atoms with Crippen molar-refractivity contribution in [2.45, 2.75) is 13.8 Å². The summed E-state index contributed by atoms with van der Waals surface area (Å²) in [6, 6.07) is 0. The van der Waals surface area contributed by atoms with Gasteiger partial charge in [0.15, 0.2) is 0 Å². The van der Waals surface area contributed by atoms with Gasteiger partial charge >= 0.3 is 5.97 Å². The molecule has 0 bridgehead atoms. The van der Waals surface area contributed by atoms with Crippen molar-refractivity contribution in [1.82, 2.24) is 0 Å². The summed E-state index contributed by atoms with van der Waals surface area (Å²) in [6.07, 6.45) is 0. The van der Waals surface area contributed by atoms with E-state index in [9.17, 15) is 14.4 Å². The predicted octanol–water partition coefficient (Wildman–Crippen LogP) is 0.788. The van der Waals surface area contributed by atoms with E-state index in [0.717, 1.165) is 0 Å². The van der Waals surface area contributed by atoms with E-state index in [-0.39, 0.29) is 114 Å². The van der Waals surface area contributed by atoms with E-state index in [0.29, 0.717) is 26.4 Å². The minimum Gasteiger partial charge on any atom is -0.481 e. The second kappa shape index (κ2) is 42.5. The Morgan fingerprint density at radius 1 is 0.432 bits per heavy atom. The average Bonchev–Trinajstić information content (AvgIpc) is 2.95. The van der Waals surface area contributed by atoms with Crippen LogP contribution in [-0.2, 0) is 108 Å². The maximum atomic E-state index is 11.1. The number of carbonyl (C=O) groups excluding carboxylic acids is 2. The normalized spacial score (nSPS) is 10.3. The molecule has 0 aliphatic rings. The molecule has 0 rings (SSSR count). The number of ether oxygens (including phenoxy) is 12. The molecule has 0 spiro atoms. The van der Waals surface area contributed by atoms with Gasteiger partial charge in [0.25, 0.3) is 0 Å². The molecule has 0 unspecified atom stereocenters. The third kappa shape index (κ3) is 39.5. The minimum absolute atomic E-state index is 0. The van der Waals surface area contributed by atoms with Gasteiger partial charge in [0.05, 0.1) is 51.5 Å². The fourth-order valence-electron chi connectivity index (χ4n) is 2.40. The van der Waals surface area contributed by atoms with Crippen LogP contribution < -0.4 is 0 Å². The van der Waals surface area contributed by atoms with Crippen LogP contribution >= 0.6 is 0 Å². The second-order valence-corrected chi connectivity index (χ2v) is 8.31. The Morgan fingerprint density at radius 3 is 0.750 bits per heavy atom. The van der Waals surface area contributed by atoms with Gasteiger partial charge in [-0.3, -0.25) is 14.4 Å². The summed E-state index contributed by atoms with van der Waals surface area (Å²) in [4.78, 5) is 32.8. The molecule has 18 heteroatoms. The van der Waals surface area contributed by atoms with Gasteiger partial charge in [0, 0.05) is 79.8 Å². The zero-order chi connectivity index (χ0) is 32.4. The third-order valence-corrected chi connectivity index (χ3v) is 4.62. The number of hydrogen-bond acceptors (Lipinski definition) is 15. The summed E-state index contributed by atoms with van der Waals surface area (Å²) in [6.45, 7) is 5.31. The second-order valence-electron chi connectivity index (χ2n) is 8.31. The molecule has 0 fully saturated rings. The summed E-state index contributed by atoms with van der Waals surface area (Å²) in [5.41, 5.74) is 0. The van der Waals surface area contributed by atoms with Crippen LogP contribution in [0, 0.1) is 17.8 Å². The topological polar surface area (TPSA) is 182 Å². The third-order valence-electron chi connectivity index (χ3n) is 4.62. The molecule has 0 atom stereocenters. The number of aliphatic carboxylic acids is 1. The summed E-state index contributed by atoms with van der Waals surface area (Å²) in [5.74, 6) is -2.08. The molecular formula is C26H52O16V2. The van der Waals surface area contributed by atoms with Gasteiger partial charge in [-0.25, -0.2) is 0 Å². The molecule has 0 saturated carbocycles. The number of ketones is 2. The smallest absolute Gasteiger partial charge is 0.311 e. The molecule has 0 aromatic carbocycles. The molecule has 0 saturated heterocycles. The predicted molar refractivity (Wildman–Crippen MR) is 146 cm³/mol. The van der Waals surface area contributed by atoms with Crippen LogP contribution in [-0.4, -0.2) is 146 Å². The van der Waals surface area contributed by atoms with E-state index in [1.165, 1.54) is 56.5 Å². The molecule has 16 nitrogen and oxygen atoms in total. The quantitative estimate of drug-likeness (QED) is 0.0927. The molecule has 0 aromatic rings. The molecule has 44 heavy (non-hydrogen) atoms. The van der Waals surface area contributed by atoms with Gasteiger partial charge in [0.2, 0.25) is 0 Å². The number of hydrogen-bond donors (Lipinski definition) is 1. The van der Waals surface area contributed by atoms with Crippen molar-refractivity contribution >= 4 is 17.5 Å². The maximum absolute atomic E-state index is 11.1. The standard InChI is InChI=1S/2C9H18O5.C8H16O6.2V/c2*1-8(10)9(4-13-6-11-2)5-14-7-12-3;1-11-5-13-3-7(8(9)10)4-14-6-12-2;;/h2*9H,4-7H2,1-3H3;7H,3-6H2,1-2H3,(H,9,10);;. The van der Waals surface area contributed by atoms with Crippen LogP contribution in [0.1, 0.15) is 13.8 Å². The number of carbonyl (C=O) groups is 3. The van der Waals surface area contributed by atoms with Crippen LogP contribution in [0.25, 0.3) is 0 Å². The van der Waals surface area contributed by atoms with Crippen molar-refractivity contribution < 1.29 is 113 Å². The van der Waals surface area contributed by atoms with Crippen LogP contribution in [0.15, 0.2) is 0 Å². The van der Waals surface area contributed by atoms with E-state index in [1.54, 1.807) is 0 Å². The zero-order valence-corrected chi connectivity index (χ0v) is 30.0. The van der Waals surface area contributed by atoms with Crippen molar-refractivity contribution in [1.29, 1.82) is 0 Å². The van der Waals surface area contributed by atoms with Gasteiger partial charge < -0.3 is 61.9 Å². The van der Waals surface area contributed by atoms with E-state index < -0.39 is 11.9 Å². The first-order chi connectivity index (χ1) is 20.2. The molecule has 0 heterocycles. The van der Waals surface area contributed by atoms with Gasteiger partial charge in [-0.1, -0.05) is 0 Å². The van der Waals surface area contributed by atoms with Crippen molar-refractivity contribution in [3.8, 4) is 0 Å². The van der Waals surface area contributed by atoms with Crippen LogP contribution in [0.4, 0.5) is 0 Å². The molecule has 2 radical (unpaired) electrons. The largest absolute Gasteiger partial charge is 0.481 e. The van der Waals surface area contributed by atoms with Crippen LogP contribution in [0.2, 0.25) is 0 Å². The van der Waals surface area contributed by atoms with Crippen molar-refractivity contribution in [3.05, 3.63) is 0 Å². The maximum Gasteiger partial charge on any atom is 0.311 e. The van der Waals surface area contributed by atoms with Gasteiger partial charge in [-0.05, 0) is 13.8 Å². The Morgan fingerprint density at radius 2 is 0.614 bits per heavy atom. The fraction of sp³-hybridized carbons (Fsp3) is 0.885. The van der Waals surface area contributed by atoms with Crippen molar-refractivity contribution in [2.24, 2.45) is 17.8 Å². The Bertz CT molecular complexity index is 508. The SMILES string of the molecule is COCOCC(COCOC)C(=O)O.COCOCC(COCOC)C(C)=O.COCOCC(COCOC)C(C)=O.[V].[V]. The van der Waals surface area contributed by atoms with Crippen molar-refractivity contribution in [2.75, 3.05) is 123 Å². The number of rotatable bonds is 27. The Balaban J connectivity index is -0.000000169. The summed E-state index contributed by atoms with van der Waals surface area (Å²) >= 11 is 0. The van der Waals surface area contributed by atoms with E-state index >= 15 is 0 Å². The summed E-state index contributed by atoms with van der Waals surface area (Å²) in [5, 5.41) is 8.73. The zero-order valence-electron chi connectivity index (χ0n) is 27.2. The number of methoxy groups -OCH3 is 6. The van der Waals surface area contributed by atoms with Gasteiger partial charge in [-0.2, -0.15) is 0 Å². The van der Waals surface area contributed by atoms with E-state index in [1.807, 2.05) is 0 Å². The van der Waals surface area contributed by atoms with E-state index in [4.69, 9.17) is 52.5 Å². The molecule has 262 valence electrons. The van der Waals surface area contributed by atoms with Crippen molar-refractivity contribution in [3.63, 3.8) is 0 Å².